The first-order valence-electron chi connectivity index (χ1n) is 11.2. The van der Waals surface area contributed by atoms with E-state index >= 15 is 0 Å². The normalized spacial score (nSPS) is 18.2. The zero-order valence-corrected chi connectivity index (χ0v) is 19.1. The van der Waals surface area contributed by atoms with Gasteiger partial charge in [-0.15, -0.1) is 0 Å². The molecular weight excluding hydrogens is 406 g/mol. The summed E-state index contributed by atoms with van der Waals surface area (Å²) in [6.07, 6.45) is 2.98. The molecule has 1 aromatic heterocycles. The molecule has 3 heterocycles. The highest BCUT2D eigenvalue weighted by molar-refractivity contribution is 5.79. The van der Waals surface area contributed by atoms with E-state index in [2.05, 4.69) is 5.32 Å². The fourth-order valence-corrected chi connectivity index (χ4v) is 4.58. The number of methoxy groups -OCH3 is 1. The Hall–Kier alpha value is -3.16. The van der Waals surface area contributed by atoms with Gasteiger partial charge >= 0.3 is 0 Å². The SMILES string of the molecule is CNc1nc([C@H]2CCCN(C(C)=O)C2)nc2c1CN(C(=O)Cc1cccc(OC)c1)CC2. The summed E-state index contributed by atoms with van der Waals surface area (Å²) in [5, 5.41) is 3.21. The molecule has 0 bridgehead atoms. The van der Waals surface area contributed by atoms with E-state index in [0.717, 1.165) is 53.6 Å². The number of anilines is 1. The second-order valence-electron chi connectivity index (χ2n) is 8.50. The molecule has 1 N–H and O–H groups in total. The third kappa shape index (κ3) is 4.69. The van der Waals surface area contributed by atoms with E-state index in [1.807, 2.05) is 41.1 Å². The van der Waals surface area contributed by atoms with Crippen LogP contribution < -0.4 is 10.1 Å². The quantitative estimate of drug-likeness (QED) is 0.773. The first-order chi connectivity index (χ1) is 15.5. The first kappa shape index (κ1) is 22.0. The van der Waals surface area contributed by atoms with E-state index in [4.69, 9.17) is 14.7 Å². The van der Waals surface area contributed by atoms with Gasteiger partial charge in [-0.05, 0) is 30.5 Å². The molecular formula is C24H31N5O3. The fraction of sp³-hybridized carbons (Fsp3) is 0.500. The Kier molecular flexibility index (Phi) is 6.58. The number of ether oxygens (including phenoxy) is 1. The van der Waals surface area contributed by atoms with Gasteiger partial charge in [-0.25, -0.2) is 9.97 Å². The lowest BCUT2D eigenvalue weighted by Gasteiger charge is -2.33. The topological polar surface area (TPSA) is 87.7 Å². The number of carbonyl (C=O) groups excluding carboxylic acids is 2. The smallest absolute Gasteiger partial charge is 0.227 e. The number of aromatic nitrogens is 2. The highest BCUT2D eigenvalue weighted by atomic mass is 16.5. The van der Waals surface area contributed by atoms with Crippen LogP contribution in [0.15, 0.2) is 24.3 Å². The molecule has 0 saturated carbocycles. The molecule has 2 aromatic rings. The fourth-order valence-electron chi connectivity index (χ4n) is 4.58. The number of amides is 2. The van der Waals surface area contributed by atoms with Crippen LogP contribution in [0.4, 0.5) is 5.82 Å². The van der Waals surface area contributed by atoms with Crippen molar-refractivity contribution in [2.45, 2.75) is 45.1 Å². The molecule has 2 aliphatic heterocycles. The van der Waals surface area contributed by atoms with E-state index < -0.39 is 0 Å². The van der Waals surface area contributed by atoms with Crippen molar-refractivity contribution in [2.24, 2.45) is 0 Å². The largest absolute Gasteiger partial charge is 0.497 e. The highest BCUT2D eigenvalue weighted by Gasteiger charge is 2.29. The van der Waals surface area contributed by atoms with Gasteiger partial charge < -0.3 is 19.9 Å². The maximum absolute atomic E-state index is 13.0. The molecule has 8 nitrogen and oxygen atoms in total. The van der Waals surface area contributed by atoms with Gasteiger partial charge in [-0.1, -0.05) is 12.1 Å². The Morgan fingerprint density at radius 2 is 2.06 bits per heavy atom. The molecule has 1 aromatic carbocycles. The summed E-state index contributed by atoms with van der Waals surface area (Å²) >= 11 is 0. The van der Waals surface area contributed by atoms with Crippen LogP contribution in [0.5, 0.6) is 5.75 Å². The van der Waals surface area contributed by atoms with E-state index in [-0.39, 0.29) is 17.7 Å². The monoisotopic (exact) mass is 437 g/mol. The number of fused-ring (bicyclic) bond motifs is 1. The minimum atomic E-state index is 0.0828. The Labute approximate surface area is 189 Å². The van der Waals surface area contributed by atoms with Crippen molar-refractivity contribution < 1.29 is 14.3 Å². The average Bonchev–Trinajstić information content (AvgIpc) is 2.83. The summed E-state index contributed by atoms with van der Waals surface area (Å²) in [6, 6.07) is 7.63. The van der Waals surface area contributed by atoms with Gasteiger partial charge in [0, 0.05) is 51.5 Å². The summed E-state index contributed by atoms with van der Waals surface area (Å²) in [7, 11) is 3.48. The molecule has 4 rings (SSSR count). The molecule has 0 aliphatic carbocycles. The zero-order valence-electron chi connectivity index (χ0n) is 19.1. The summed E-state index contributed by atoms with van der Waals surface area (Å²) < 4.78 is 5.27. The van der Waals surface area contributed by atoms with E-state index in [9.17, 15) is 9.59 Å². The van der Waals surface area contributed by atoms with Crippen molar-refractivity contribution in [3.05, 3.63) is 46.9 Å². The van der Waals surface area contributed by atoms with Crippen molar-refractivity contribution in [3.63, 3.8) is 0 Å². The van der Waals surface area contributed by atoms with E-state index in [0.29, 0.717) is 32.5 Å². The second-order valence-corrected chi connectivity index (χ2v) is 8.50. The summed E-state index contributed by atoms with van der Waals surface area (Å²) in [5.74, 6) is 2.67. The van der Waals surface area contributed by atoms with Crippen LogP contribution in [-0.2, 0) is 29.0 Å². The summed E-state index contributed by atoms with van der Waals surface area (Å²) in [4.78, 5) is 38.3. The Balaban J connectivity index is 1.50. The molecule has 32 heavy (non-hydrogen) atoms. The number of piperidine rings is 1. The van der Waals surface area contributed by atoms with Crippen LogP contribution >= 0.6 is 0 Å². The number of rotatable bonds is 5. The molecule has 0 unspecified atom stereocenters. The predicted octanol–water partition coefficient (Wildman–Crippen LogP) is 2.38. The molecule has 2 amide bonds. The van der Waals surface area contributed by atoms with Gasteiger partial charge in [0.05, 0.1) is 25.8 Å². The van der Waals surface area contributed by atoms with Crippen LogP contribution in [-0.4, -0.2) is 65.4 Å². The van der Waals surface area contributed by atoms with E-state index in [1.165, 1.54) is 0 Å². The van der Waals surface area contributed by atoms with Crippen LogP contribution in [0, 0.1) is 0 Å². The zero-order chi connectivity index (χ0) is 22.7. The van der Waals surface area contributed by atoms with Crippen molar-refractivity contribution >= 4 is 17.6 Å². The number of hydrogen-bond donors (Lipinski definition) is 1. The second kappa shape index (κ2) is 9.54. The number of benzene rings is 1. The molecule has 0 spiro atoms. The third-order valence-corrected chi connectivity index (χ3v) is 6.39. The lowest BCUT2D eigenvalue weighted by Crippen LogP contribution is -2.39. The first-order valence-corrected chi connectivity index (χ1v) is 11.2. The maximum atomic E-state index is 13.0. The van der Waals surface area contributed by atoms with Gasteiger partial charge in [0.2, 0.25) is 11.8 Å². The molecule has 0 radical (unpaired) electrons. The van der Waals surface area contributed by atoms with E-state index in [1.54, 1.807) is 14.0 Å². The third-order valence-electron chi connectivity index (χ3n) is 6.39. The minimum absolute atomic E-state index is 0.0828. The summed E-state index contributed by atoms with van der Waals surface area (Å²) in [6.45, 7) is 4.23. The Morgan fingerprint density at radius 3 is 2.81 bits per heavy atom. The number of hydrogen-bond acceptors (Lipinski definition) is 6. The molecule has 170 valence electrons. The highest BCUT2D eigenvalue weighted by Crippen LogP contribution is 2.30. The average molecular weight is 438 g/mol. The van der Waals surface area contributed by atoms with Gasteiger partial charge in [-0.2, -0.15) is 0 Å². The van der Waals surface area contributed by atoms with Crippen molar-refractivity contribution in [1.82, 2.24) is 19.8 Å². The van der Waals surface area contributed by atoms with Gasteiger partial charge in [-0.3, -0.25) is 9.59 Å². The standard InChI is InChI=1S/C24H31N5O3/c1-16(30)28-10-5-7-18(14-28)23-26-21-9-11-29(15-20(21)24(25-2)27-23)22(31)13-17-6-4-8-19(12-17)32-3/h4,6,8,12,18H,5,7,9-11,13-15H2,1-3H3,(H,25,26,27)/t18-/m0/s1. The minimum Gasteiger partial charge on any atom is -0.497 e. The number of nitrogens with zero attached hydrogens (tertiary/aromatic N) is 4. The number of likely N-dealkylation sites (tertiary alicyclic amines) is 1. The van der Waals surface area contributed by atoms with Gasteiger partial charge in [0.1, 0.15) is 17.4 Å². The lowest BCUT2D eigenvalue weighted by atomic mass is 9.96. The summed E-state index contributed by atoms with van der Waals surface area (Å²) in [5.41, 5.74) is 2.93. The van der Waals surface area contributed by atoms with Crippen LogP contribution in [0.1, 0.15) is 48.3 Å². The van der Waals surface area contributed by atoms with Crippen molar-refractivity contribution in [1.29, 1.82) is 0 Å². The Morgan fingerprint density at radius 1 is 1.22 bits per heavy atom. The molecule has 1 fully saturated rings. The molecule has 8 heteroatoms. The van der Waals surface area contributed by atoms with Crippen molar-refractivity contribution in [2.75, 3.05) is 39.1 Å². The molecule has 2 aliphatic rings. The van der Waals surface area contributed by atoms with Crippen LogP contribution in [0.2, 0.25) is 0 Å². The van der Waals surface area contributed by atoms with Crippen LogP contribution in [0.3, 0.4) is 0 Å². The Bertz CT molecular complexity index is 992. The number of nitrogens with one attached hydrogen (secondary N) is 1. The molecule has 1 saturated heterocycles. The molecule has 1 atom stereocenters. The van der Waals surface area contributed by atoms with Gasteiger partial charge in [0.25, 0.3) is 0 Å². The van der Waals surface area contributed by atoms with Crippen molar-refractivity contribution in [3.8, 4) is 5.75 Å². The lowest BCUT2D eigenvalue weighted by molar-refractivity contribution is -0.131. The number of carbonyl (C=O) groups is 2. The van der Waals surface area contributed by atoms with Crippen LogP contribution in [0.25, 0.3) is 0 Å². The van der Waals surface area contributed by atoms with Gasteiger partial charge in [0.15, 0.2) is 0 Å². The maximum Gasteiger partial charge on any atom is 0.227 e. The predicted molar refractivity (Wildman–Crippen MR) is 122 cm³/mol.